The summed E-state index contributed by atoms with van der Waals surface area (Å²) in [7, 11) is 0. The van der Waals surface area contributed by atoms with E-state index in [2.05, 4.69) is 32.2 Å². The van der Waals surface area contributed by atoms with E-state index >= 15 is 0 Å². The number of nitriles is 1. The van der Waals surface area contributed by atoms with E-state index in [1.807, 2.05) is 6.92 Å². The van der Waals surface area contributed by atoms with Crippen LogP contribution < -0.4 is 4.74 Å². The molecular formula is C13H9BrClN3O. The van der Waals surface area contributed by atoms with Gasteiger partial charge < -0.3 is 4.74 Å². The first-order valence-corrected chi connectivity index (χ1v) is 6.57. The predicted molar refractivity (Wildman–Crippen MR) is 75.4 cm³/mol. The van der Waals surface area contributed by atoms with Gasteiger partial charge in [-0.05, 0) is 53.5 Å². The van der Waals surface area contributed by atoms with Gasteiger partial charge in [-0.1, -0.05) is 11.6 Å². The molecule has 6 heteroatoms. The third kappa shape index (κ3) is 2.86. The van der Waals surface area contributed by atoms with Gasteiger partial charge in [0.2, 0.25) is 0 Å². The van der Waals surface area contributed by atoms with Crippen LogP contribution in [0.25, 0.3) is 0 Å². The zero-order chi connectivity index (χ0) is 14.0. The average molecular weight is 339 g/mol. The van der Waals surface area contributed by atoms with Crippen molar-refractivity contribution in [2.75, 3.05) is 0 Å². The number of ether oxygens (including phenoxy) is 1. The van der Waals surface area contributed by atoms with Crippen LogP contribution in [0.4, 0.5) is 0 Å². The molecule has 0 aliphatic rings. The standard InChI is InChI=1S/C13H9BrClN3O/c1-7-8(2)17-18-13(10(7)6-16)19-12-4-3-9(15)5-11(12)14/h3-5H,1-2H3. The van der Waals surface area contributed by atoms with E-state index in [1.165, 1.54) is 0 Å². The molecule has 1 aromatic carbocycles. The number of rotatable bonds is 2. The van der Waals surface area contributed by atoms with E-state index in [-0.39, 0.29) is 5.88 Å². The second kappa shape index (κ2) is 5.55. The predicted octanol–water partition coefficient (Wildman–Crippen LogP) is 4.17. The highest BCUT2D eigenvalue weighted by Gasteiger charge is 2.14. The fourth-order valence-electron chi connectivity index (χ4n) is 1.45. The highest BCUT2D eigenvalue weighted by molar-refractivity contribution is 9.10. The summed E-state index contributed by atoms with van der Waals surface area (Å²) in [5.74, 6) is 0.715. The summed E-state index contributed by atoms with van der Waals surface area (Å²) in [6, 6.07) is 7.19. The topological polar surface area (TPSA) is 58.8 Å². The molecule has 0 fully saturated rings. The Hall–Kier alpha value is -1.64. The lowest BCUT2D eigenvalue weighted by Crippen LogP contribution is -2.00. The molecule has 2 rings (SSSR count). The second-order valence-corrected chi connectivity index (χ2v) is 5.17. The van der Waals surface area contributed by atoms with Gasteiger partial charge in [0.25, 0.3) is 5.88 Å². The quantitative estimate of drug-likeness (QED) is 0.824. The Kier molecular flexibility index (Phi) is 4.03. The van der Waals surface area contributed by atoms with Crippen LogP contribution in [0.3, 0.4) is 0 Å². The van der Waals surface area contributed by atoms with Crippen molar-refractivity contribution < 1.29 is 4.74 Å². The molecule has 0 aliphatic carbocycles. The summed E-state index contributed by atoms with van der Waals surface area (Å²) in [6.07, 6.45) is 0. The van der Waals surface area contributed by atoms with Crippen LogP contribution in [-0.4, -0.2) is 10.2 Å². The van der Waals surface area contributed by atoms with Gasteiger partial charge in [0.15, 0.2) is 0 Å². The van der Waals surface area contributed by atoms with Crippen molar-refractivity contribution in [3.8, 4) is 17.7 Å². The maximum absolute atomic E-state index is 9.18. The van der Waals surface area contributed by atoms with Crippen molar-refractivity contribution >= 4 is 27.5 Å². The van der Waals surface area contributed by atoms with Gasteiger partial charge in [0, 0.05) is 5.02 Å². The molecule has 0 N–H and O–H groups in total. The van der Waals surface area contributed by atoms with Crippen molar-refractivity contribution in [2.45, 2.75) is 13.8 Å². The van der Waals surface area contributed by atoms with Crippen molar-refractivity contribution in [1.29, 1.82) is 5.26 Å². The molecule has 1 aromatic heterocycles. The highest BCUT2D eigenvalue weighted by atomic mass is 79.9. The van der Waals surface area contributed by atoms with Gasteiger partial charge in [-0.25, -0.2) is 0 Å². The Morgan fingerprint density at radius 3 is 2.68 bits per heavy atom. The molecule has 19 heavy (non-hydrogen) atoms. The van der Waals surface area contributed by atoms with Gasteiger partial charge in [0.1, 0.15) is 17.4 Å². The van der Waals surface area contributed by atoms with Gasteiger partial charge >= 0.3 is 0 Å². The molecule has 0 saturated heterocycles. The molecule has 0 amide bonds. The molecule has 0 unspecified atom stereocenters. The maximum Gasteiger partial charge on any atom is 0.257 e. The third-order valence-electron chi connectivity index (χ3n) is 2.63. The van der Waals surface area contributed by atoms with Gasteiger partial charge in [-0.2, -0.15) is 10.4 Å². The lowest BCUT2D eigenvalue weighted by molar-refractivity contribution is 0.449. The fourth-order valence-corrected chi connectivity index (χ4v) is 2.22. The smallest absolute Gasteiger partial charge is 0.257 e. The van der Waals surface area contributed by atoms with Crippen LogP contribution in [0.2, 0.25) is 5.02 Å². The van der Waals surface area contributed by atoms with E-state index in [0.717, 1.165) is 5.56 Å². The molecule has 0 saturated carbocycles. The van der Waals surface area contributed by atoms with Crippen LogP contribution in [0.5, 0.6) is 11.6 Å². The molecule has 0 spiro atoms. The molecule has 0 aliphatic heterocycles. The molecule has 0 radical (unpaired) electrons. The normalized spacial score (nSPS) is 10.1. The van der Waals surface area contributed by atoms with Crippen LogP contribution in [-0.2, 0) is 0 Å². The number of hydrogen-bond donors (Lipinski definition) is 0. The summed E-state index contributed by atoms with van der Waals surface area (Å²) in [4.78, 5) is 0. The van der Waals surface area contributed by atoms with E-state index in [0.29, 0.717) is 26.5 Å². The van der Waals surface area contributed by atoms with Gasteiger partial charge in [-0.15, -0.1) is 5.10 Å². The summed E-state index contributed by atoms with van der Waals surface area (Å²) in [5, 5.41) is 17.7. The molecule has 96 valence electrons. The summed E-state index contributed by atoms with van der Waals surface area (Å²) >= 11 is 9.20. The van der Waals surface area contributed by atoms with Gasteiger partial charge in [-0.3, -0.25) is 0 Å². The van der Waals surface area contributed by atoms with E-state index in [9.17, 15) is 5.26 Å². The Labute approximate surface area is 124 Å². The minimum atomic E-state index is 0.189. The largest absolute Gasteiger partial charge is 0.435 e. The number of aromatic nitrogens is 2. The molecule has 1 heterocycles. The monoisotopic (exact) mass is 337 g/mol. The first kappa shape index (κ1) is 13.8. The molecule has 4 nitrogen and oxygen atoms in total. The van der Waals surface area contributed by atoms with Crippen molar-refractivity contribution in [2.24, 2.45) is 0 Å². The summed E-state index contributed by atoms with van der Waals surface area (Å²) in [5.41, 5.74) is 1.85. The number of benzene rings is 1. The first-order chi connectivity index (χ1) is 9.02. The Balaban J connectivity index is 2.44. The lowest BCUT2D eigenvalue weighted by atomic mass is 10.1. The van der Waals surface area contributed by atoms with Crippen LogP contribution in [0.1, 0.15) is 16.8 Å². The van der Waals surface area contributed by atoms with Crippen molar-refractivity contribution in [3.63, 3.8) is 0 Å². The fraction of sp³-hybridized carbons (Fsp3) is 0.154. The van der Waals surface area contributed by atoms with Gasteiger partial charge in [0.05, 0.1) is 10.2 Å². The SMILES string of the molecule is Cc1nnc(Oc2ccc(Cl)cc2Br)c(C#N)c1C. The minimum absolute atomic E-state index is 0.189. The third-order valence-corrected chi connectivity index (χ3v) is 3.49. The summed E-state index contributed by atoms with van der Waals surface area (Å²) < 4.78 is 6.30. The Bertz CT molecular complexity index is 682. The number of aryl methyl sites for hydroxylation is 1. The van der Waals surface area contributed by atoms with Crippen molar-refractivity contribution in [1.82, 2.24) is 10.2 Å². The lowest BCUT2D eigenvalue weighted by Gasteiger charge is -2.10. The minimum Gasteiger partial charge on any atom is -0.435 e. The zero-order valence-electron chi connectivity index (χ0n) is 10.2. The number of nitrogens with zero attached hydrogens (tertiary/aromatic N) is 3. The average Bonchev–Trinajstić information content (AvgIpc) is 2.37. The van der Waals surface area contributed by atoms with Crippen LogP contribution >= 0.6 is 27.5 Å². The van der Waals surface area contributed by atoms with E-state index in [4.69, 9.17) is 16.3 Å². The summed E-state index contributed by atoms with van der Waals surface area (Å²) in [6.45, 7) is 3.61. The van der Waals surface area contributed by atoms with Crippen LogP contribution in [0, 0.1) is 25.2 Å². The molecule has 0 bridgehead atoms. The maximum atomic E-state index is 9.18. The molecule has 0 atom stereocenters. The number of hydrogen-bond acceptors (Lipinski definition) is 4. The zero-order valence-corrected chi connectivity index (χ0v) is 12.6. The van der Waals surface area contributed by atoms with E-state index < -0.39 is 0 Å². The van der Waals surface area contributed by atoms with E-state index in [1.54, 1.807) is 25.1 Å². The Morgan fingerprint density at radius 2 is 2.05 bits per heavy atom. The van der Waals surface area contributed by atoms with Crippen molar-refractivity contribution in [3.05, 3.63) is 44.5 Å². The molecular weight excluding hydrogens is 330 g/mol. The first-order valence-electron chi connectivity index (χ1n) is 5.40. The van der Waals surface area contributed by atoms with Crippen LogP contribution in [0.15, 0.2) is 22.7 Å². The second-order valence-electron chi connectivity index (χ2n) is 3.88. The molecule has 2 aromatic rings. The highest BCUT2D eigenvalue weighted by Crippen LogP contribution is 2.32. The number of halogens is 2. The Morgan fingerprint density at radius 1 is 1.32 bits per heavy atom.